The maximum absolute atomic E-state index is 11.0. The molecule has 5 atom stereocenters. The van der Waals surface area contributed by atoms with Crippen molar-refractivity contribution in [3.8, 4) is 0 Å². The largest absolute Gasteiger partial charge is 0.397 e. The maximum Gasteiger partial charge on any atom is 0.397 e. The van der Waals surface area contributed by atoms with Gasteiger partial charge in [0.15, 0.2) is 0 Å². The van der Waals surface area contributed by atoms with Gasteiger partial charge in [0.2, 0.25) is 0 Å². The average molecular weight is 581 g/mol. The Labute approximate surface area is 244 Å². The maximum atomic E-state index is 11.0. The van der Waals surface area contributed by atoms with E-state index in [1.165, 1.54) is 70.6 Å². The van der Waals surface area contributed by atoms with Crippen LogP contribution in [0, 0.1) is 23.7 Å². The first-order valence-corrected chi connectivity index (χ1v) is 17.8. The molecule has 0 rings (SSSR count). The summed E-state index contributed by atoms with van der Waals surface area (Å²) in [5.74, 6) is 2.12. The van der Waals surface area contributed by atoms with E-state index in [0.717, 1.165) is 44.3 Å². The summed E-state index contributed by atoms with van der Waals surface area (Å²) in [6.07, 6.45) is 16.9. The first-order chi connectivity index (χ1) is 18.7. The lowest BCUT2D eigenvalue weighted by Gasteiger charge is -2.25. The van der Waals surface area contributed by atoms with Crippen LogP contribution in [0.3, 0.4) is 0 Å². The fourth-order valence-electron chi connectivity index (χ4n) is 4.77. The number of hydrogen-bond acceptors (Lipinski definition) is 5. The number of ether oxygens (including phenoxy) is 2. The van der Waals surface area contributed by atoms with E-state index in [1.54, 1.807) is 0 Å². The van der Waals surface area contributed by atoms with E-state index in [9.17, 15) is 8.42 Å². The highest BCUT2D eigenvalue weighted by molar-refractivity contribution is 7.80. The third-order valence-corrected chi connectivity index (χ3v) is 8.38. The highest BCUT2D eigenvalue weighted by atomic mass is 32.3. The molecule has 5 unspecified atom stereocenters. The molecule has 0 bridgehead atoms. The third kappa shape index (κ3) is 25.2. The lowest BCUT2D eigenvalue weighted by atomic mass is 9.96. The monoisotopic (exact) mass is 580 g/mol. The van der Waals surface area contributed by atoms with Crippen LogP contribution in [0.25, 0.3) is 0 Å². The third-order valence-electron chi connectivity index (χ3n) is 7.89. The Bertz CT molecular complexity index is 581. The van der Waals surface area contributed by atoms with E-state index in [0.29, 0.717) is 25.6 Å². The molecule has 0 aliphatic carbocycles. The number of hydrogen-bond donors (Lipinski definition) is 1. The summed E-state index contributed by atoms with van der Waals surface area (Å²) < 4.78 is 47.5. The summed E-state index contributed by atoms with van der Waals surface area (Å²) in [5.41, 5.74) is 0. The minimum atomic E-state index is -4.41. The number of rotatable bonds is 26. The predicted molar refractivity (Wildman–Crippen MR) is 167 cm³/mol. The van der Waals surface area contributed by atoms with Gasteiger partial charge in [0.1, 0.15) is 0 Å². The van der Waals surface area contributed by atoms with Gasteiger partial charge in [0.05, 0.1) is 12.7 Å². The Morgan fingerprint density at radius 2 is 0.923 bits per heavy atom. The molecule has 0 radical (unpaired) electrons. The van der Waals surface area contributed by atoms with Crippen LogP contribution in [0.2, 0.25) is 0 Å². The van der Waals surface area contributed by atoms with Crippen molar-refractivity contribution in [1.29, 1.82) is 0 Å². The van der Waals surface area contributed by atoms with Crippen molar-refractivity contribution >= 4 is 10.4 Å². The Balaban J connectivity index is 0. The normalized spacial score (nSPS) is 15.7. The molecule has 0 aromatic rings. The summed E-state index contributed by atoms with van der Waals surface area (Å²) in [4.78, 5) is 0. The molecule has 1 N–H and O–H groups in total. The van der Waals surface area contributed by atoms with Gasteiger partial charge in [-0.1, -0.05) is 120 Å². The lowest BCUT2D eigenvalue weighted by Crippen LogP contribution is -2.30. The lowest BCUT2D eigenvalue weighted by molar-refractivity contribution is 0.0171. The minimum absolute atomic E-state index is 0.0226. The van der Waals surface area contributed by atoms with Crippen molar-refractivity contribution in [2.45, 2.75) is 158 Å². The van der Waals surface area contributed by atoms with E-state index >= 15 is 0 Å². The van der Waals surface area contributed by atoms with E-state index < -0.39 is 16.5 Å². The van der Waals surface area contributed by atoms with Crippen LogP contribution in [0.5, 0.6) is 0 Å². The Morgan fingerprint density at radius 3 is 1.21 bits per heavy atom. The molecule has 0 saturated carbocycles. The van der Waals surface area contributed by atoms with E-state index in [2.05, 4.69) is 41.5 Å². The molecule has 0 heterocycles. The van der Waals surface area contributed by atoms with Gasteiger partial charge in [0, 0.05) is 25.7 Å². The van der Waals surface area contributed by atoms with Gasteiger partial charge in [0.25, 0.3) is 0 Å². The van der Waals surface area contributed by atoms with Gasteiger partial charge >= 0.3 is 10.4 Å². The van der Waals surface area contributed by atoms with Crippen LogP contribution < -0.4 is 0 Å². The van der Waals surface area contributed by atoms with E-state index in [-0.39, 0.29) is 5.92 Å². The highest BCUT2D eigenvalue weighted by Gasteiger charge is 2.25. The molecular formula is C32H68O6S. The number of unbranched alkanes of at least 4 members (excludes halogenated alkanes) is 3. The summed E-state index contributed by atoms with van der Waals surface area (Å²) in [5, 5.41) is 0. The van der Waals surface area contributed by atoms with Gasteiger partial charge in [-0.25, -0.2) is 4.18 Å². The topological polar surface area (TPSA) is 82.1 Å². The second-order valence-corrected chi connectivity index (χ2v) is 12.4. The minimum Gasteiger partial charge on any atom is -0.381 e. The molecule has 6 nitrogen and oxygen atoms in total. The van der Waals surface area contributed by atoms with Crippen molar-refractivity contribution in [3.63, 3.8) is 0 Å². The van der Waals surface area contributed by atoms with Crippen LogP contribution in [-0.2, 0) is 24.1 Å². The van der Waals surface area contributed by atoms with Crippen molar-refractivity contribution in [3.05, 3.63) is 0 Å². The van der Waals surface area contributed by atoms with Crippen LogP contribution in [-0.4, -0.2) is 45.5 Å². The van der Waals surface area contributed by atoms with Crippen molar-refractivity contribution in [1.82, 2.24) is 0 Å². The first kappa shape index (κ1) is 40.9. The van der Waals surface area contributed by atoms with Gasteiger partial charge in [-0.15, -0.1) is 0 Å². The van der Waals surface area contributed by atoms with E-state index in [4.69, 9.17) is 18.2 Å². The molecule has 0 saturated heterocycles. The smallest absolute Gasteiger partial charge is 0.381 e. The van der Waals surface area contributed by atoms with Crippen LogP contribution in [0.15, 0.2) is 0 Å². The summed E-state index contributed by atoms with van der Waals surface area (Å²) in [6, 6.07) is 0. The van der Waals surface area contributed by atoms with Crippen LogP contribution >= 0.6 is 0 Å². The molecule has 0 aromatic heterocycles. The molecule has 0 amide bonds. The zero-order chi connectivity index (χ0) is 29.9. The average Bonchev–Trinajstić information content (AvgIpc) is 2.91. The second-order valence-electron chi connectivity index (χ2n) is 11.3. The molecule has 39 heavy (non-hydrogen) atoms. The highest BCUT2D eigenvalue weighted by Crippen LogP contribution is 2.21. The van der Waals surface area contributed by atoms with Crippen molar-refractivity contribution < 1.29 is 26.6 Å². The molecule has 0 aliphatic heterocycles. The van der Waals surface area contributed by atoms with Crippen molar-refractivity contribution in [2.75, 3.05) is 26.4 Å². The Kier molecular flexibility index (Phi) is 29.3. The zero-order valence-electron chi connectivity index (χ0n) is 27.2. The summed E-state index contributed by atoms with van der Waals surface area (Å²) in [6.45, 7) is 20.6. The fourth-order valence-corrected chi connectivity index (χ4v) is 5.34. The molecule has 0 aromatic carbocycles. The Hall–Kier alpha value is -0.210. The van der Waals surface area contributed by atoms with Gasteiger partial charge in [-0.3, -0.25) is 4.55 Å². The van der Waals surface area contributed by atoms with Crippen molar-refractivity contribution in [2.24, 2.45) is 23.7 Å². The van der Waals surface area contributed by atoms with Gasteiger partial charge in [-0.2, -0.15) is 8.42 Å². The van der Waals surface area contributed by atoms with Crippen LogP contribution in [0.1, 0.15) is 152 Å². The molecular weight excluding hydrogens is 512 g/mol. The first-order valence-electron chi connectivity index (χ1n) is 16.5. The standard InChI is InChI=1S/C16H34O5S.C16H34O/c1-5-9-11-14(7-3)12-20-13-15(8-4)16(10-6-2)21-22(17,18)19;1-5-9-11-15(7-3)13-17-14-16(8-4)12-10-6-2/h14-16H,5-13H2,1-4H3,(H,17,18,19);15-16H,5-14H2,1-4H3. The molecule has 0 aliphatic rings. The van der Waals surface area contributed by atoms with E-state index in [1.807, 2.05) is 13.8 Å². The Morgan fingerprint density at radius 1 is 0.538 bits per heavy atom. The molecule has 0 fully saturated rings. The SMILES string of the molecule is CCCCC(CC)COCC(CC)C(CCC)OS(=O)(=O)O.CCCCC(CC)COCC(CC)CCCC. The fraction of sp³-hybridized carbons (Fsp3) is 1.00. The zero-order valence-corrected chi connectivity index (χ0v) is 28.0. The molecule has 238 valence electrons. The second kappa shape index (κ2) is 27.9. The predicted octanol–water partition coefficient (Wildman–Crippen LogP) is 9.67. The molecule has 7 heteroatoms. The summed E-state index contributed by atoms with van der Waals surface area (Å²) >= 11 is 0. The quantitative estimate of drug-likeness (QED) is 0.103. The molecule has 0 spiro atoms. The van der Waals surface area contributed by atoms with Crippen LogP contribution in [0.4, 0.5) is 0 Å². The van der Waals surface area contributed by atoms with Gasteiger partial charge in [-0.05, 0) is 49.9 Å². The summed E-state index contributed by atoms with van der Waals surface area (Å²) in [7, 11) is -4.41. The van der Waals surface area contributed by atoms with Gasteiger partial charge < -0.3 is 9.47 Å².